The highest BCUT2D eigenvalue weighted by Gasteiger charge is 2.24. The maximum absolute atomic E-state index is 12.7. The number of sulfonamides is 1. The van der Waals surface area contributed by atoms with E-state index in [1.54, 1.807) is 20.8 Å². The summed E-state index contributed by atoms with van der Waals surface area (Å²) in [7, 11) is -2.48. The van der Waals surface area contributed by atoms with E-state index in [2.05, 4.69) is 10.1 Å². The quantitative estimate of drug-likeness (QED) is 0.569. The molecule has 9 nitrogen and oxygen atoms in total. The fourth-order valence-corrected chi connectivity index (χ4v) is 4.39. The van der Waals surface area contributed by atoms with Crippen molar-refractivity contribution in [1.82, 2.24) is 4.31 Å². The van der Waals surface area contributed by atoms with Crippen molar-refractivity contribution >= 4 is 33.6 Å². The molecule has 0 aliphatic carbocycles. The average molecular weight is 463 g/mol. The van der Waals surface area contributed by atoms with Crippen LogP contribution in [-0.2, 0) is 24.3 Å². The molecule has 0 saturated heterocycles. The van der Waals surface area contributed by atoms with Gasteiger partial charge in [0.2, 0.25) is 10.0 Å². The van der Waals surface area contributed by atoms with Crippen LogP contribution in [0.2, 0.25) is 0 Å². The molecular formula is C22H26N2O7S. The first-order chi connectivity index (χ1) is 15.1. The lowest BCUT2D eigenvalue weighted by Crippen LogP contribution is -2.30. The summed E-state index contributed by atoms with van der Waals surface area (Å²) in [4.78, 5) is 36.0. The monoisotopic (exact) mass is 462 g/mol. The van der Waals surface area contributed by atoms with Crippen molar-refractivity contribution in [3.63, 3.8) is 0 Å². The predicted octanol–water partition coefficient (Wildman–Crippen LogP) is 2.61. The molecule has 1 N–H and O–H groups in total. The van der Waals surface area contributed by atoms with E-state index in [1.807, 2.05) is 0 Å². The molecule has 32 heavy (non-hydrogen) atoms. The number of aryl methyl sites for hydroxylation is 1. The minimum Gasteiger partial charge on any atom is -0.465 e. The van der Waals surface area contributed by atoms with Gasteiger partial charge in [0.1, 0.15) is 0 Å². The minimum absolute atomic E-state index is 0.0195. The zero-order valence-electron chi connectivity index (χ0n) is 18.4. The number of carbonyl (C=O) groups is 3. The second-order valence-electron chi connectivity index (χ2n) is 6.76. The lowest BCUT2D eigenvalue weighted by Gasteiger charge is -2.19. The summed E-state index contributed by atoms with van der Waals surface area (Å²) in [5.41, 5.74) is 1.31. The van der Waals surface area contributed by atoms with E-state index in [4.69, 9.17) is 4.74 Å². The summed E-state index contributed by atoms with van der Waals surface area (Å²) in [5.74, 6) is -1.90. The van der Waals surface area contributed by atoms with Gasteiger partial charge >= 0.3 is 11.9 Å². The van der Waals surface area contributed by atoms with E-state index in [0.29, 0.717) is 29.9 Å². The van der Waals surface area contributed by atoms with Gasteiger partial charge in [0.15, 0.2) is 6.61 Å². The van der Waals surface area contributed by atoms with E-state index < -0.39 is 34.5 Å². The molecule has 0 spiro atoms. The van der Waals surface area contributed by atoms with Crippen LogP contribution in [0.15, 0.2) is 47.4 Å². The van der Waals surface area contributed by atoms with E-state index in [0.717, 1.165) is 0 Å². The van der Waals surface area contributed by atoms with Crippen molar-refractivity contribution in [3.8, 4) is 0 Å². The number of anilines is 1. The molecule has 0 aromatic heterocycles. The van der Waals surface area contributed by atoms with E-state index >= 15 is 0 Å². The smallest absolute Gasteiger partial charge is 0.338 e. The highest BCUT2D eigenvalue weighted by atomic mass is 32.2. The maximum atomic E-state index is 12.7. The van der Waals surface area contributed by atoms with Crippen LogP contribution in [-0.4, -0.2) is 57.4 Å². The van der Waals surface area contributed by atoms with E-state index in [1.165, 1.54) is 53.9 Å². The summed E-state index contributed by atoms with van der Waals surface area (Å²) in [6.45, 7) is 5.13. The number of nitrogens with one attached hydrogen (secondary N) is 1. The average Bonchev–Trinajstić information content (AvgIpc) is 2.78. The van der Waals surface area contributed by atoms with Crippen molar-refractivity contribution in [2.75, 3.05) is 32.1 Å². The molecule has 0 radical (unpaired) electrons. The van der Waals surface area contributed by atoms with Crippen LogP contribution >= 0.6 is 0 Å². The van der Waals surface area contributed by atoms with Crippen LogP contribution in [0, 0.1) is 6.92 Å². The maximum Gasteiger partial charge on any atom is 0.338 e. The molecule has 2 aromatic carbocycles. The Labute approximate surface area is 187 Å². The Hall–Kier alpha value is -3.24. The molecule has 0 aliphatic rings. The molecule has 0 bridgehead atoms. The van der Waals surface area contributed by atoms with Crippen LogP contribution in [0.3, 0.4) is 0 Å². The van der Waals surface area contributed by atoms with Gasteiger partial charge < -0.3 is 14.8 Å². The number of amides is 1. The molecule has 0 unspecified atom stereocenters. The van der Waals surface area contributed by atoms with Crippen molar-refractivity contribution in [3.05, 3.63) is 59.2 Å². The van der Waals surface area contributed by atoms with Crippen molar-refractivity contribution in [2.24, 2.45) is 0 Å². The second-order valence-corrected chi connectivity index (χ2v) is 8.70. The summed E-state index contributed by atoms with van der Waals surface area (Å²) in [6, 6.07) is 10.2. The SMILES string of the molecule is CCN(CC)S(=O)(=O)c1ccc(C)c(C(=O)OCC(=O)Nc2ccc(C(=O)OC)cc2)c1. The van der Waals surface area contributed by atoms with Crippen LogP contribution in [0.25, 0.3) is 0 Å². The van der Waals surface area contributed by atoms with Crippen LogP contribution in [0.1, 0.15) is 40.1 Å². The van der Waals surface area contributed by atoms with Crippen molar-refractivity contribution in [1.29, 1.82) is 0 Å². The van der Waals surface area contributed by atoms with Crippen molar-refractivity contribution < 1.29 is 32.3 Å². The summed E-state index contributed by atoms with van der Waals surface area (Å²) in [6.07, 6.45) is 0. The number of rotatable bonds is 9. The predicted molar refractivity (Wildman–Crippen MR) is 118 cm³/mol. The normalized spacial score (nSPS) is 11.2. The number of ether oxygens (including phenoxy) is 2. The molecule has 0 aliphatic heterocycles. The van der Waals surface area contributed by atoms with Gasteiger partial charge in [0, 0.05) is 18.8 Å². The minimum atomic E-state index is -3.74. The lowest BCUT2D eigenvalue weighted by molar-refractivity contribution is -0.119. The first-order valence-corrected chi connectivity index (χ1v) is 11.3. The number of esters is 2. The number of benzene rings is 2. The zero-order chi connectivity index (χ0) is 23.9. The summed E-state index contributed by atoms with van der Waals surface area (Å²) in [5, 5.41) is 2.54. The highest BCUT2D eigenvalue weighted by molar-refractivity contribution is 7.89. The molecule has 0 atom stereocenters. The van der Waals surface area contributed by atoms with Gasteiger partial charge in [-0.2, -0.15) is 4.31 Å². The first-order valence-electron chi connectivity index (χ1n) is 9.90. The first kappa shape index (κ1) is 25.0. The molecule has 0 heterocycles. The Balaban J connectivity index is 2.06. The van der Waals surface area contributed by atoms with E-state index in [-0.39, 0.29) is 10.5 Å². The Bertz CT molecular complexity index is 1090. The van der Waals surface area contributed by atoms with Gasteiger partial charge in [-0.15, -0.1) is 0 Å². The van der Waals surface area contributed by atoms with Crippen molar-refractivity contribution in [2.45, 2.75) is 25.7 Å². The third kappa shape index (κ3) is 5.92. The van der Waals surface area contributed by atoms with Gasteiger partial charge in [0.25, 0.3) is 5.91 Å². The number of nitrogens with zero attached hydrogens (tertiary/aromatic N) is 1. The Morgan fingerprint density at radius 3 is 2.16 bits per heavy atom. The fraction of sp³-hybridized carbons (Fsp3) is 0.318. The molecule has 1 amide bonds. The Morgan fingerprint density at radius 2 is 1.59 bits per heavy atom. The zero-order valence-corrected chi connectivity index (χ0v) is 19.2. The molecule has 0 fully saturated rings. The van der Waals surface area contributed by atoms with E-state index in [9.17, 15) is 22.8 Å². The molecule has 2 aromatic rings. The number of methoxy groups -OCH3 is 1. The topological polar surface area (TPSA) is 119 Å². The van der Waals surface area contributed by atoms with Crippen LogP contribution in [0.5, 0.6) is 0 Å². The fourth-order valence-electron chi connectivity index (χ4n) is 2.91. The Kier molecular flexibility index (Phi) is 8.50. The lowest BCUT2D eigenvalue weighted by atomic mass is 10.1. The van der Waals surface area contributed by atoms with Crippen LogP contribution < -0.4 is 5.32 Å². The van der Waals surface area contributed by atoms with Gasteiger partial charge in [-0.05, 0) is 48.9 Å². The number of hydrogen-bond donors (Lipinski definition) is 1. The summed E-state index contributed by atoms with van der Waals surface area (Å²) < 4.78 is 36.4. The molecular weight excluding hydrogens is 436 g/mol. The van der Waals surface area contributed by atoms with Gasteiger partial charge in [0.05, 0.1) is 23.1 Å². The number of hydrogen-bond acceptors (Lipinski definition) is 7. The molecule has 172 valence electrons. The standard InChI is InChI=1S/C22H26N2O7S/c1-5-24(6-2)32(28,29)18-12-7-15(3)19(13-18)22(27)31-14-20(25)23-17-10-8-16(9-11-17)21(26)30-4/h7-13H,5-6,14H2,1-4H3,(H,23,25). The third-order valence-electron chi connectivity index (χ3n) is 4.70. The molecule has 2 rings (SSSR count). The van der Waals surface area contributed by atoms with Gasteiger partial charge in [-0.25, -0.2) is 18.0 Å². The third-order valence-corrected chi connectivity index (χ3v) is 6.74. The molecule has 0 saturated carbocycles. The van der Waals surface area contributed by atoms with Gasteiger partial charge in [-0.3, -0.25) is 4.79 Å². The van der Waals surface area contributed by atoms with Gasteiger partial charge in [-0.1, -0.05) is 19.9 Å². The highest BCUT2D eigenvalue weighted by Crippen LogP contribution is 2.20. The Morgan fingerprint density at radius 1 is 0.969 bits per heavy atom. The second kappa shape index (κ2) is 10.9. The largest absolute Gasteiger partial charge is 0.465 e. The molecule has 10 heteroatoms. The van der Waals surface area contributed by atoms with Crippen LogP contribution in [0.4, 0.5) is 5.69 Å². The summed E-state index contributed by atoms with van der Waals surface area (Å²) >= 11 is 0. The number of carbonyl (C=O) groups excluding carboxylic acids is 3.